The maximum absolute atomic E-state index is 13.5. The summed E-state index contributed by atoms with van der Waals surface area (Å²) in [5, 5.41) is 22.0. The first-order chi connectivity index (χ1) is 15.7. The first-order valence-corrected chi connectivity index (χ1v) is 11.2. The molecule has 5 atom stereocenters. The number of carbonyl (C=O) groups is 6. The number of fused-ring (bicyclic) bond motifs is 3. The van der Waals surface area contributed by atoms with Gasteiger partial charge < -0.3 is 15.9 Å². The molecule has 0 aliphatic heterocycles. The van der Waals surface area contributed by atoms with E-state index in [0.717, 1.165) is 0 Å². The predicted molar refractivity (Wildman–Crippen MR) is 117 cm³/mol. The van der Waals surface area contributed by atoms with E-state index < -0.39 is 64.1 Å². The number of nitrogens with two attached hydrogens (primary N) is 1. The molecule has 0 saturated heterocycles. The summed E-state index contributed by atoms with van der Waals surface area (Å²) in [7, 11) is 0. The summed E-state index contributed by atoms with van der Waals surface area (Å²) in [4.78, 5) is 76.6. The number of primary amides is 1. The van der Waals surface area contributed by atoms with E-state index in [9.17, 15) is 39.0 Å². The van der Waals surface area contributed by atoms with Crippen molar-refractivity contribution < 1.29 is 39.0 Å². The third-order valence-electron chi connectivity index (χ3n) is 7.27. The van der Waals surface area contributed by atoms with E-state index in [1.807, 2.05) is 20.8 Å². The molecule has 4 N–H and O–H groups in total. The molecule has 5 unspecified atom stereocenters. The molecule has 0 spiro atoms. The Balaban J connectivity index is 1.75. The van der Waals surface area contributed by atoms with Crippen molar-refractivity contribution in [3.63, 3.8) is 0 Å². The SMILES string of the molecule is CC(C)(C)CC(=O)c1ccc2c(c1O)C(=O)C1C(=O)C3(O)C(=O)C(C(N)=O)C(=O)CC3CC1C2. The van der Waals surface area contributed by atoms with E-state index in [1.165, 1.54) is 6.07 Å². The average Bonchev–Trinajstić information content (AvgIpc) is 2.69. The summed E-state index contributed by atoms with van der Waals surface area (Å²) >= 11 is 0. The van der Waals surface area contributed by atoms with Gasteiger partial charge in [-0.05, 0) is 35.8 Å². The van der Waals surface area contributed by atoms with Crippen molar-refractivity contribution >= 4 is 34.8 Å². The Labute approximate surface area is 195 Å². The molecule has 0 bridgehead atoms. The van der Waals surface area contributed by atoms with Crippen LogP contribution in [-0.4, -0.2) is 50.6 Å². The second-order valence-corrected chi connectivity index (χ2v) is 10.9. The molecule has 9 heteroatoms. The van der Waals surface area contributed by atoms with E-state index in [2.05, 4.69) is 0 Å². The quantitative estimate of drug-likeness (QED) is 0.434. The van der Waals surface area contributed by atoms with Crippen LogP contribution in [0.15, 0.2) is 12.1 Å². The molecule has 4 rings (SSSR count). The number of carbonyl (C=O) groups excluding carboxylic acids is 6. The number of rotatable bonds is 3. The molecular formula is C25H27NO8. The third-order valence-corrected chi connectivity index (χ3v) is 7.27. The Morgan fingerprint density at radius 2 is 1.74 bits per heavy atom. The van der Waals surface area contributed by atoms with Crippen LogP contribution in [0.4, 0.5) is 0 Å². The molecule has 3 aliphatic carbocycles. The van der Waals surface area contributed by atoms with Crippen LogP contribution < -0.4 is 5.73 Å². The van der Waals surface area contributed by atoms with Crippen molar-refractivity contribution in [2.45, 2.75) is 52.1 Å². The molecule has 0 aromatic heterocycles. The average molecular weight is 469 g/mol. The summed E-state index contributed by atoms with van der Waals surface area (Å²) in [6, 6.07) is 3.03. The first kappa shape index (κ1) is 23.9. The molecule has 180 valence electrons. The second kappa shape index (κ2) is 7.66. The number of phenols is 1. The fraction of sp³-hybridized carbons (Fsp3) is 0.520. The highest BCUT2D eigenvalue weighted by Crippen LogP contribution is 2.50. The summed E-state index contributed by atoms with van der Waals surface area (Å²) in [5.41, 5.74) is 2.39. The van der Waals surface area contributed by atoms with Crippen LogP contribution in [0.25, 0.3) is 0 Å². The zero-order valence-electron chi connectivity index (χ0n) is 19.2. The lowest BCUT2D eigenvalue weighted by Gasteiger charge is -2.48. The molecule has 9 nitrogen and oxygen atoms in total. The lowest BCUT2D eigenvalue weighted by Crippen LogP contribution is -2.68. The van der Waals surface area contributed by atoms with Crippen LogP contribution in [0.3, 0.4) is 0 Å². The number of amides is 1. The van der Waals surface area contributed by atoms with Crippen molar-refractivity contribution in [3.8, 4) is 5.75 Å². The van der Waals surface area contributed by atoms with Crippen LogP contribution in [0.1, 0.15) is 66.3 Å². The lowest BCUT2D eigenvalue weighted by molar-refractivity contribution is -0.175. The van der Waals surface area contributed by atoms with Gasteiger partial charge >= 0.3 is 0 Å². The number of ketones is 5. The lowest BCUT2D eigenvalue weighted by atomic mass is 9.54. The molecule has 2 saturated carbocycles. The molecule has 34 heavy (non-hydrogen) atoms. The molecule has 0 heterocycles. The maximum Gasteiger partial charge on any atom is 0.235 e. The highest BCUT2D eigenvalue weighted by molar-refractivity contribution is 6.31. The zero-order chi connectivity index (χ0) is 25.3. The molecule has 3 aliphatic rings. The summed E-state index contributed by atoms with van der Waals surface area (Å²) in [5.74, 6) is -11.1. The standard InChI is InChI=1S/C25H27NO8/c1-24(2,3)9-15(28)13-5-4-10-6-11-7-12-8-14(27)18(23(26)33)22(32)25(12,34)21(31)17(11)20(30)16(10)19(13)29/h4-5,11-12,17-18,29,34H,6-9H2,1-3H3,(H2,26,33). The topological polar surface area (TPSA) is 169 Å². The van der Waals surface area contributed by atoms with Gasteiger partial charge in [0.1, 0.15) is 5.75 Å². The van der Waals surface area contributed by atoms with E-state index >= 15 is 0 Å². The number of hydrogen-bond donors (Lipinski definition) is 3. The zero-order valence-corrected chi connectivity index (χ0v) is 19.2. The van der Waals surface area contributed by atoms with Gasteiger partial charge in [-0.2, -0.15) is 0 Å². The van der Waals surface area contributed by atoms with E-state index in [0.29, 0.717) is 5.56 Å². The van der Waals surface area contributed by atoms with Gasteiger partial charge in [-0.1, -0.05) is 26.8 Å². The predicted octanol–water partition coefficient (Wildman–Crippen LogP) is 0.946. The van der Waals surface area contributed by atoms with Crippen LogP contribution >= 0.6 is 0 Å². The fourth-order valence-corrected chi connectivity index (χ4v) is 5.75. The van der Waals surface area contributed by atoms with Crippen molar-refractivity contribution in [2.75, 3.05) is 0 Å². The van der Waals surface area contributed by atoms with Crippen molar-refractivity contribution in [3.05, 3.63) is 28.8 Å². The minimum absolute atomic E-state index is 0.0338. The van der Waals surface area contributed by atoms with Gasteiger partial charge in [0.15, 0.2) is 40.4 Å². The van der Waals surface area contributed by atoms with Crippen LogP contribution in [0.2, 0.25) is 0 Å². The maximum atomic E-state index is 13.5. The first-order valence-electron chi connectivity index (χ1n) is 11.2. The van der Waals surface area contributed by atoms with Gasteiger partial charge in [-0.15, -0.1) is 0 Å². The summed E-state index contributed by atoms with van der Waals surface area (Å²) < 4.78 is 0. The summed E-state index contributed by atoms with van der Waals surface area (Å²) in [6.45, 7) is 5.58. The molecule has 1 aromatic carbocycles. The van der Waals surface area contributed by atoms with E-state index in [4.69, 9.17) is 5.73 Å². The van der Waals surface area contributed by atoms with Gasteiger partial charge in [0.05, 0.1) is 17.0 Å². The number of aliphatic hydroxyl groups is 1. The van der Waals surface area contributed by atoms with Crippen molar-refractivity contribution in [1.82, 2.24) is 0 Å². The Morgan fingerprint density at radius 3 is 2.32 bits per heavy atom. The Hall–Kier alpha value is -3.20. The molecule has 1 aromatic rings. The Morgan fingerprint density at radius 1 is 1.09 bits per heavy atom. The Kier molecular flexibility index (Phi) is 5.39. The summed E-state index contributed by atoms with van der Waals surface area (Å²) in [6.07, 6.45) is -0.0339. The molecule has 2 fully saturated rings. The smallest absolute Gasteiger partial charge is 0.235 e. The number of phenolic OH excluding ortho intramolecular Hbond substituents is 1. The largest absolute Gasteiger partial charge is 0.506 e. The van der Waals surface area contributed by atoms with Gasteiger partial charge in [-0.25, -0.2) is 0 Å². The minimum atomic E-state index is -2.68. The fourth-order valence-electron chi connectivity index (χ4n) is 5.75. The minimum Gasteiger partial charge on any atom is -0.506 e. The Bertz CT molecular complexity index is 1180. The number of benzene rings is 1. The van der Waals surface area contributed by atoms with Gasteiger partial charge in [0.2, 0.25) is 5.91 Å². The third kappa shape index (κ3) is 3.41. The van der Waals surface area contributed by atoms with Crippen molar-refractivity contribution in [2.24, 2.45) is 34.8 Å². The van der Waals surface area contributed by atoms with E-state index in [-0.39, 0.29) is 48.0 Å². The van der Waals surface area contributed by atoms with Crippen molar-refractivity contribution in [1.29, 1.82) is 0 Å². The molecule has 0 radical (unpaired) electrons. The molecular weight excluding hydrogens is 442 g/mol. The van der Waals surface area contributed by atoms with Crippen LogP contribution in [0, 0.1) is 29.1 Å². The normalized spacial score (nSPS) is 30.9. The van der Waals surface area contributed by atoms with Gasteiger partial charge in [-0.3, -0.25) is 28.8 Å². The molecule has 1 amide bonds. The van der Waals surface area contributed by atoms with Gasteiger partial charge in [0, 0.05) is 18.8 Å². The van der Waals surface area contributed by atoms with Crippen LogP contribution in [0.5, 0.6) is 5.75 Å². The monoisotopic (exact) mass is 469 g/mol. The highest BCUT2D eigenvalue weighted by Gasteiger charge is 2.66. The highest BCUT2D eigenvalue weighted by atomic mass is 16.3. The number of Topliss-reactive ketones (excluding diaryl/α,β-unsaturated/α-hetero) is 5. The van der Waals surface area contributed by atoms with Gasteiger partial charge in [0.25, 0.3) is 0 Å². The van der Waals surface area contributed by atoms with Crippen LogP contribution in [-0.2, 0) is 25.6 Å². The van der Waals surface area contributed by atoms with E-state index in [1.54, 1.807) is 6.07 Å². The number of aromatic hydroxyl groups is 1. The number of hydrogen-bond acceptors (Lipinski definition) is 8. The second-order valence-electron chi connectivity index (χ2n) is 10.9.